The number of carboxylic acid groups (broad SMARTS) is 1. The van der Waals surface area contributed by atoms with Crippen molar-refractivity contribution in [3.05, 3.63) is 12.7 Å². The average Bonchev–Trinajstić information content (AvgIpc) is 1.65. The summed E-state index contributed by atoms with van der Waals surface area (Å²) < 4.78 is 0. The van der Waals surface area contributed by atoms with E-state index in [4.69, 9.17) is 15.9 Å². The highest BCUT2D eigenvalue weighted by Crippen LogP contribution is 2.01. The molecule has 9 heavy (non-hydrogen) atoms. The first-order valence-corrected chi connectivity index (χ1v) is 2.36. The Kier molecular flexibility index (Phi) is 2.36. The number of hydrogen-bond donors (Lipinski definition) is 3. The maximum atomic E-state index is 9.99. The Morgan fingerprint density at radius 2 is 2.33 bits per heavy atom. The van der Waals surface area contributed by atoms with Gasteiger partial charge in [0.15, 0.2) is 0 Å². The molecule has 0 rings (SSSR count). The number of carboxylic acids is 1. The molecule has 0 spiro atoms. The third-order valence-corrected chi connectivity index (χ3v) is 0.826. The van der Waals surface area contributed by atoms with Crippen molar-refractivity contribution < 1.29 is 15.0 Å². The Labute approximate surface area is 52.6 Å². The van der Waals surface area contributed by atoms with Gasteiger partial charge in [-0.15, -0.1) is 6.58 Å². The van der Waals surface area contributed by atoms with E-state index in [0.29, 0.717) is 0 Å². The number of rotatable bonds is 3. The SMILES string of the molecule is C=CCC(N)(O)C(=O)O. The first kappa shape index (κ1) is 8.13. The Morgan fingerprint density at radius 1 is 1.89 bits per heavy atom. The van der Waals surface area contributed by atoms with Crippen molar-refractivity contribution in [2.24, 2.45) is 5.73 Å². The largest absolute Gasteiger partial charge is 0.478 e. The molecule has 0 aromatic rings. The van der Waals surface area contributed by atoms with E-state index in [1.807, 2.05) is 0 Å². The van der Waals surface area contributed by atoms with Crippen LogP contribution in [0.1, 0.15) is 6.42 Å². The predicted molar refractivity (Wildman–Crippen MR) is 31.6 cm³/mol. The normalized spacial score (nSPS) is 16.2. The van der Waals surface area contributed by atoms with Crippen molar-refractivity contribution in [2.45, 2.75) is 12.1 Å². The summed E-state index contributed by atoms with van der Waals surface area (Å²) in [6.45, 7) is 3.22. The minimum absolute atomic E-state index is 0.150. The van der Waals surface area contributed by atoms with Gasteiger partial charge in [0.2, 0.25) is 5.72 Å². The summed E-state index contributed by atoms with van der Waals surface area (Å²) in [7, 11) is 0. The van der Waals surface area contributed by atoms with Crippen molar-refractivity contribution >= 4 is 5.97 Å². The lowest BCUT2D eigenvalue weighted by atomic mass is 10.1. The standard InChI is InChI=1S/C5H9NO3/c1-2-3-5(6,9)4(7)8/h2,9H,1,3,6H2,(H,7,8). The van der Waals surface area contributed by atoms with E-state index >= 15 is 0 Å². The monoisotopic (exact) mass is 131 g/mol. The molecule has 0 bridgehead atoms. The molecule has 0 aliphatic rings. The van der Waals surface area contributed by atoms with E-state index in [9.17, 15) is 4.79 Å². The molecule has 1 atom stereocenters. The number of aliphatic hydroxyl groups is 1. The molecule has 0 radical (unpaired) electrons. The highest BCUT2D eigenvalue weighted by Gasteiger charge is 2.28. The highest BCUT2D eigenvalue weighted by atomic mass is 16.4. The fourth-order valence-corrected chi connectivity index (χ4v) is 0.307. The Hall–Kier alpha value is -0.870. The van der Waals surface area contributed by atoms with Crippen LogP contribution in [0.25, 0.3) is 0 Å². The van der Waals surface area contributed by atoms with Gasteiger partial charge in [-0.1, -0.05) is 6.08 Å². The third kappa shape index (κ3) is 2.25. The van der Waals surface area contributed by atoms with Crippen LogP contribution in [0.2, 0.25) is 0 Å². The van der Waals surface area contributed by atoms with Gasteiger partial charge in [0.25, 0.3) is 0 Å². The lowest BCUT2D eigenvalue weighted by Crippen LogP contribution is -2.47. The number of carbonyl (C=O) groups is 1. The molecule has 0 aromatic carbocycles. The van der Waals surface area contributed by atoms with Crippen LogP contribution >= 0.6 is 0 Å². The summed E-state index contributed by atoms with van der Waals surface area (Å²) in [5.74, 6) is -1.44. The van der Waals surface area contributed by atoms with E-state index in [-0.39, 0.29) is 6.42 Å². The summed E-state index contributed by atoms with van der Waals surface area (Å²) >= 11 is 0. The Balaban J connectivity index is 4.00. The van der Waals surface area contributed by atoms with Crippen LogP contribution in [0.15, 0.2) is 12.7 Å². The minimum atomic E-state index is -2.15. The molecule has 0 heterocycles. The van der Waals surface area contributed by atoms with E-state index < -0.39 is 11.7 Å². The fourth-order valence-electron chi connectivity index (χ4n) is 0.307. The van der Waals surface area contributed by atoms with Gasteiger partial charge in [-0.2, -0.15) is 0 Å². The molecule has 0 amide bonds. The molecule has 4 heteroatoms. The lowest BCUT2D eigenvalue weighted by Gasteiger charge is -2.13. The van der Waals surface area contributed by atoms with Crippen molar-refractivity contribution in [3.8, 4) is 0 Å². The minimum Gasteiger partial charge on any atom is -0.478 e. The van der Waals surface area contributed by atoms with Crippen LogP contribution in [0.3, 0.4) is 0 Å². The second kappa shape index (κ2) is 2.61. The number of nitrogens with two attached hydrogens (primary N) is 1. The van der Waals surface area contributed by atoms with Gasteiger partial charge in [-0.25, -0.2) is 4.79 Å². The molecule has 0 aromatic heterocycles. The van der Waals surface area contributed by atoms with Gasteiger partial charge in [0.1, 0.15) is 0 Å². The zero-order chi connectivity index (χ0) is 7.49. The summed E-state index contributed by atoms with van der Waals surface area (Å²) in [5.41, 5.74) is 2.70. The van der Waals surface area contributed by atoms with Crippen molar-refractivity contribution in [1.82, 2.24) is 0 Å². The predicted octanol–water partition coefficient (Wildman–Crippen LogP) is -0.706. The lowest BCUT2D eigenvalue weighted by molar-refractivity contribution is -0.157. The number of aliphatic carboxylic acids is 1. The van der Waals surface area contributed by atoms with Crippen molar-refractivity contribution in [2.75, 3.05) is 0 Å². The van der Waals surface area contributed by atoms with E-state index in [2.05, 4.69) is 6.58 Å². The first-order valence-electron chi connectivity index (χ1n) is 2.36. The van der Waals surface area contributed by atoms with E-state index in [1.54, 1.807) is 0 Å². The molecule has 0 saturated heterocycles. The Bertz CT molecular complexity index is 130. The third-order valence-electron chi connectivity index (χ3n) is 0.826. The van der Waals surface area contributed by atoms with Gasteiger partial charge >= 0.3 is 5.97 Å². The van der Waals surface area contributed by atoms with Crippen LogP contribution < -0.4 is 5.73 Å². The van der Waals surface area contributed by atoms with E-state index in [0.717, 1.165) is 0 Å². The van der Waals surface area contributed by atoms with Gasteiger partial charge in [-0.3, -0.25) is 5.73 Å². The van der Waals surface area contributed by atoms with E-state index in [1.165, 1.54) is 6.08 Å². The fraction of sp³-hybridized carbons (Fsp3) is 0.400. The molecular weight excluding hydrogens is 122 g/mol. The molecule has 4 N–H and O–H groups in total. The molecule has 0 aliphatic heterocycles. The van der Waals surface area contributed by atoms with Gasteiger partial charge in [-0.05, 0) is 0 Å². The zero-order valence-corrected chi connectivity index (χ0v) is 4.87. The quantitative estimate of drug-likeness (QED) is 0.349. The molecule has 52 valence electrons. The smallest absolute Gasteiger partial charge is 0.351 e. The highest BCUT2D eigenvalue weighted by molar-refractivity contribution is 5.76. The zero-order valence-electron chi connectivity index (χ0n) is 4.87. The second-order valence-electron chi connectivity index (χ2n) is 1.72. The molecule has 0 saturated carbocycles. The van der Waals surface area contributed by atoms with Crippen LogP contribution in [-0.4, -0.2) is 21.9 Å². The summed E-state index contributed by atoms with van der Waals surface area (Å²) in [6.07, 6.45) is 1.09. The molecule has 0 fully saturated rings. The van der Waals surface area contributed by atoms with Crippen molar-refractivity contribution in [1.29, 1.82) is 0 Å². The molecular formula is C5H9NO3. The summed E-state index contributed by atoms with van der Waals surface area (Å²) in [5, 5.41) is 16.8. The van der Waals surface area contributed by atoms with Crippen LogP contribution in [0.5, 0.6) is 0 Å². The molecule has 0 aliphatic carbocycles. The topological polar surface area (TPSA) is 83.5 Å². The maximum absolute atomic E-state index is 9.99. The average molecular weight is 131 g/mol. The van der Waals surface area contributed by atoms with Gasteiger partial charge in [0.05, 0.1) is 0 Å². The van der Waals surface area contributed by atoms with Crippen LogP contribution in [0.4, 0.5) is 0 Å². The molecule has 1 unspecified atom stereocenters. The van der Waals surface area contributed by atoms with Gasteiger partial charge in [0, 0.05) is 6.42 Å². The van der Waals surface area contributed by atoms with Crippen LogP contribution in [0, 0.1) is 0 Å². The first-order chi connectivity index (χ1) is 4.00. The summed E-state index contributed by atoms with van der Waals surface area (Å²) in [4.78, 5) is 9.99. The maximum Gasteiger partial charge on any atom is 0.351 e. The van der Waals surface area contributed by atoms with Crippen LogP contribution in [-0.2, 0) is 4.79 Å². The second-order valence-corrected chi connectivity index (χ2v) is 1.72. The summed E-state index contributed by atoms with van der Waals surface area (Å²) in [6, 6.07) is 0. The van der Waals surface area contributed by atoms with Gasteiger partial charge < -0.3 is 10.2 Å². The molecule has 4 nitrogen and oxygen atoms in total. The number of hydrogen-bond acceptors (Lipinski definition) is 3. The Morgan fingerprint density at radius 3 is 2.44 bits per heavy atom. The van der Waals surface area contributed by atoms with Crippen molar-refractivity contribution in [3.63, 3.8) is 0 Å².